The predicted molar refractivity (Wildman–Crippen MR) is 73.0 cm³/mol. The molecule has 1 N–H and O–H groups in total. The van der Waals surface area contributed by atoms with Gasteiger partial charge in [-0.15, -0.1) is 0 Å². The van der Waals surface area contributed by atoms with Crippen molar-refractivity contribution in [1.29, 1.82) is 0 Å². The van der Waals surface area contributed by atoms with E-state index in [2.05, 4.69) is 10.3 Å². The Morgan fingerprint density at radius 1 is 1.37 bits per heavy atom. The topological polar surface area (TPSA) is 42.0 Å². The number of carbonyl (C=O) groups is 1. The molecule has 19 heavy (non-hydrogen) atoms. The van der Waals surface area contributed by atoms with E-state index in [4.69, 9.17) is 0 Å². The van der Waals surface area contributed by atoms with Crippen LogP contribution in [0.5, 0.6) is 0 Å². The number of hydrogen-bond donors (Lipinski definition) is 1. The van der Waals surface area contributed by atoms with Crippen molar-refractivity contribution in [2.45, 2.75) is 6.92 Å². The van der Waals surface area contributed by atoms with Crippen molar-refractivity contribution < 1.29 is 9.18 Å². The number of aryl methyl sites for hydroxylation is 1. The van der Waals surface area contributed by atoms with Crippen LogP contribution in [0.4, 0.5) is 10.1 Å². The Bertz CT molecular complexity index is 609. The number of halogens is 1. The summed E-state index contributed by atoms with van der Waals surface area (Å²) in [5.74, 6) is -0.824. The molecule has 4 heteroatoms. The van der Waals surface area contributed by atoms with Gasteiger partial charge in [0.2, 0.25) is 5.91 Å². The number of pyridine rings is 1. The molecule has 0 aliphatic carbocycles. The zero-order valence-corrected chi connectivity index (χ0v) is 10.4. The van der Waals surface area contributed by atoms with E-state index in [0.717, 1.165) is 11.1 Å². The Labute approximate surface area is 110 Å². The van der Waals surface area contributed by atoms with Crippen molar-refractivity contribution in [2.75, 3.05) is 5.32 Å². The molecule has 2 rings (SSSR count). The number of amides is 1. The number of aromatic nitrogens is 1. The van der Waals surface area contributed by atoms with Crippen molar-refractivity contribution in [3.63, 3.8) is 0 Å². The van der Waals surface area contributed by atoms with Gasteiger partial charge in [-0.1, -0.05) is 12.1 Å². The van der Waals surface area contributed by atoms with Gasteiger partial charge in [-0.05, 0) is 42.3 Å². The summed E-state index contributed by atoms with van der Waals surface area (Å²) in [6.07, 6.45) is 6.25. The lowest BCUT2D eigenvalue weighted by Gasteiger charge is -2.04. The van der Waals surface area contributed by atoms with E-state index in [1.807, 2.05) is 6.07 Å². The summed E-state index contributed by atoms with van der Waals surface area (Å²) < 4.78 is 13.5. The quantitative estimate of drug-likeness (QED) is 0.857. The number of benzene rings is 1. The second-order valence-electron chi connectivity index (χ2n) is 4.09. The molecular weight excluding hydrogens is 243 g/mol. The first-order valence-electron chi connectivity index (χ1n) is 5.80. The van der Waals surface area contributed by atoms with Gasteiger partial charge in [0.25, 0.3) is 0 Å². The molecule has 0 radical (unpaired) electrons. The highest BCUT2D eigenvalue weighted by atomic mass is 19.1. The maximum Gasteiger partial charge on any atom is 0.248 e. The summed E-state index contributed by atoms with van der Waals surface area (Å²) in [5, 5.41) is 2.49. The van der Waals surface area contributed by atoms with Crippen molar-refractivity contribution >= 4 is 17.7 Å². The Kier molecular flexibility index (Phi) is 4.03. The average Bonchev–Trinajstić information content (AvgIpc) is 2.41. The highest BCUT2D eigenvalue weighted by Gasteiger charge is 2.04. The fourth-order valence-corrected chi connectivity index (χ4v) is 1.54. The number of nitrogens with zero attached hydrogens (tertiary/aromatic N) is 1. The first-order chi connectivity index (χ1) is 9.15. The highest BCUT2D eigenvalue weighted by molar-refractivity contribution is 6.01. The van der Waals surface area contributed by atoms with Crippen LogP contribution >= 0.6 is 0 Å². The predicted octanol–water partition coefficient (Wildman–Crippen LogP) is 3.18. The lowest BCUT2D eigenvalue weighted by molar-refractivity contribution is -0.111. The third-order valence-electron chi connectivity index (χ3n) is 2.49. The molecule has 1 amide bonds. The SMILES string of the molecule is Cc1ccc(NC(=O)/C=C/c2cccnc2)c(F)c1. The van der Waals surface area contributed by atoms with Gasteiger partial charge in [-0.25, -0.2) is 4.39 Å². The molecule has 0 spiro atoms. The summed E-state index contributed by atoms with van der Waals surface area (Å²) >= 11 is 0. The van der Waals surface area contributed by atoms with Crippen LogP contribution in [0.2, 0.25) is 0 Å². The molecule has 0 saturated carbocycles. The lowest BCUT2D eigenvalue weighted by Crippen LogP contribution is -2.09. The van der Waals surface area contributed by atoms with Crippen molar-refractivity contribution in [3.05, 3.63) is 65.7 Å². The summed E-state index contributed by atoms with van der Waals surface area (Å²) in [6.45, 7) is 1.79. The maximum atomic E-state index is 13.5. The molecule has 2 aromatic rings. The molecule has 0 bridgehead atoms. The fraction of sp³-hybridized carbons (Fsp3) is 0.0667. The van der Waals surface area contributed by atoms with E-state index in [-0.39, 0.29) is 11.6 Å². The third kappa shape index (κ3) is 3.74. The van der Waals surface area contributed by atoms with E-state index in [1.165, 1.54) is 12.1 Å². The van der Waals surface area contributed by atoms with E-state index < -0.39 is 5.82 Å². The van der Waals surface area contributed by atoms with Gasteiger partial charge in [-0.2, -0.15) is 0 Å². The second-order valence-corrected chi connectivity index (χ2v) is 4.09. The largest absolute Gasteiger partial charge is 0.320 e. The first kappa shape index (κ1) is 13.0. The lowest BCUT2D eigenvalue weighted by atomic mass is 10.2. The van der Waals surface area contributed by atoms with Gasteiger partial charge in [0.1, 0.15) is 5.82 Å². The summed E-state index contributed by atoms with van der Waals surface area (Å²) in [5.41, 5.74) is 1.79. The van der Waals surface area contributed by atoms with E-state index >= 15 is 0 Å². The average molecular weight is 256 g/mol. The summed E-state index contributed by atoms with van der Waals surface area (Å²) in [7, 11) is 0. The standard InChI is InChI=1S/C15H13FN2O/c1-11-4-6-14(13(16)9-11)18-15(19)7-5-12-3-2-8-17-10-12/h2-10H,1H3,(H,18,19)/b7-5+. The summed E-state index contributed by atoms with van der Waals surface area (Å²) in [6, 6.07) is 8.25. The zero-order valence-electron chi connectivity index (χ0n) is 10.4. The van der Waals surface area contributed by atoms with E-state index in [9.17, 15) is 9.18 Å². The van der Waals surface area contributed by atoms with Gasteiger partial charge >= 0.3 is 0 Å². The summed E-state index contributed by atoms with van der Waals surface area (Å²) in [4.78, 5) is 15.6. The Balaban J connectivity index is 2.04. The van der Waals surface area contributed by atoms with Gasteiger partial charge in [0.05, 0.1) is 5.69 Å². The van der Waals surface area contributed by atoms with Gasteiger partial charge < -0.3 is 5.32 Å². The minimum atomic E-state index is -0.442. The smallest absolute Gasteiger partial charge is 0.248 e. The fourth-order valence-electron chi connectivity index (χ4n) is 1.54. The first-order valence-corrected chi connectivity index (χ1v) is 5.80. The van der Waals surface area contributed by atoms with Gasteiger partial charge in [0.15, 0.2) is 0 Å². The van der Waals surface area contributed by atoms with Crippen LogP contribution in [0.15, 0.2) is 48.8 Å². The molecule has 0 saturated heterocycles. The normalized spacial score (nSPS) is 10.6. The Morgan fingerprint density at radius 3 is 2.89 bits per heavy atom. The molecule has 0 unspecified atom stereocenters. The van der Waals surface area contributed by atoms with Crippen molar-refractivity contribution in [3.8, 4) is 0 Å². The van der Waals surface area contributed by atoms with Gasteiger partial charge in [-0.3, -0.25) is 9.78 Å². The van der Waals surface area contributed by atoms with Crippen LogP contribution in [0.3, 0.4) is 0 Å². The Morgan fingerprint density at radius 2 is 2.21 bits per heavy atom. The molecule has 3 nitrogen and oxygen atoms in total. The monoisotopic (exact) mass is 256 g/mol. The van der Waals surface area contributed by atoms with Crippen molar-refractivity contribution in [2.24, 2.45) is 0 Å². The van der Waals surface area contributed by atoms with Crippen molar-refractivity contribution in [1.82, 2.24) is 4.98 Å². The molecule has 0 fully saturated rings. The number of rotatable bonds is 3. The molecule has 1 heterocycles. The number of carbonyl (C=O) groups excluding carboxylic acids is 1. The highest BCUT2D eigenvalue weighted by Crippen LogP contribution is 2.15. The third-order valence-corrected chi connectivity index (χ3v) is 2.49. The number of hydrogen-bond acceptors (Lipinski definition) is 2. The minimum Gasteiger partial charge on any atom is -0.320 e. The Hall–Kier alpha value is -2.49. The maximum absolute atomic E-state index is 13.5. The molecule has 0 atom stereocenters. The number of anilines is 1. The van der Waals surface area contributed by atoms with Crippen LogP contribution < -0.4 is 5.32 Å². The van der Waals surface area contributed by atoms with Crippen LogP contribution in [0, 0.1) is 12.7 Å². The van der Waals surface area contributed by atoms with Crippen LogP contribution in [-0.4, -0.2) is 10.9 Å². The van der Waals surface area contributed by atoms with E-state index in [0.29, 0.717) is 0 Å². The molecule has 1 aromatic carbocycles. The minimum absolute atomic E-state index is 0.173. The molecule has 96 valence electrons. The van der Waals surface area contributed by atoms with Crippen LogP contribution in [0.1, 0.15) is 11.1 Å². The second kappa shape index (κ2) is 5.91. The number of nitrogens with one attached hydrogen (secondary N) is 1. The van der Waals surface area contributed by atoms with Crippen LogP contribution in [-0.2, 0) is 4.79 Å². The van der Waals surface area contributed by atoms with E-state index in [1.54, 1.807) is 43.6 Å². The zero-order chi connectivity index (χ0) is 13.7. The molecular formula is C15H13FN2O. The molecule has 0 aliphatic rings. The van der Waals surface area contributed by atoms with Crippen LogP contribution in [0.25, 0.3) is 6.08 Å². The van der Waals surface area contributed by atoms with Gasteiger partial charge in [0, 0.05) is 18.5 Å². The molecule has 1 aromatic heterocycles. The molecule has 0 aliphatic heterocycles.